The monoisotopic (exact) mass is 820 g/mol. The van der Waals surface area contributed by atoms with E-state index in [1.807, 2.05) is 18.2 Å². The average Bonchev–Trinajstić information content (AvgIpc) is 3.34. The Labute approximate surface area is 374 Å². The van der Waals surface area contributed by atoms with E-state index in [0.29, 0.717) is 0 Å². The fourth-order valence-electron chi connectivity index (χ4n) is 10.3. The molecule has 9 aromatic rings. The van der Waals surface area contributed by atoms with Crippen molar-refractivity contribution in [3.05, 3.63) is 254 Å². The van der Waals surface area contributed by atoms with Crippen LogP contribution in [0.15, 0.2) is 244 Å². The summed E-state index contributed by atoms with van der Waals surface area (Å²) in [5, 5.41) is 17.0. The molecule has 64 heavy (non-hydrogen) atoms. The second kappa shape index (κ2) is 16.1. The van der Waals surface area contributed by atoms with Crippen LogP contribution >= 0.6 is 0 Å². The molecule has 0 bridgehead atoms. The van der Waals surface area contributed by atoms with Crippen LogP contribution in [-0.2, 0) is 0 Å². The quantitative estimate of drug-likeness (QED) is 0.0770. The lowest BCUT2D eigenvalue weighted by atomic mass is 9.79. The number of hydrogen-bond donors (Lipinski definition) is 0. The van der Waals surface area contributed by atoms with Crippen LogP contribution in [0, 0.1) is 11.8 Å². The highest BCUT2D eigenvalue weighted by Gasteiger charge is 2.36. The van der Waals surface area contributed by atoms with Crippen molar-refractivity contribution < 1.29 is 0 Å². The SMILES string of the molecule is C=CC=C(C=C)N(C1=c2ccccc2=C(N(C2=CCCC=C2)c2ccc3cc4cc5ccccc5cc4cc3c2)C(C=C)C1C=C)c1ccc2cc3cc4ccccc4cc3cc2c1. The summed E-state index contributed by atoms with van der Waals surface area (Å²) < 4.78 is 0. The summed E-state index contributed by atoms with van der Waals surface area (Å²) in [6.45, 7) is 17.7. The van der Waals surface area contributed by atoms with Crippen molar-refractivity contribution in [3.8, 4) is 0 Å². The minimum absolute atomic E-state index is 0.146. The highest BCUT2D eigenvalue weighted by molar-refractivity contribution is 6.07. The lowest BCUT2D eigenvalue weighted by Crippen LogP contribution is -2.48. The third kappa shape index (κ3) is 6.58. The fourth-order valence-corrected chi connectivity index (χ4v) is 10.3. The van der Waals surface area contributed by atoms with E-state index in [1.165, 1.54) is 70.3 Å². The van der Waals surface area contributed by atoms with Gasteiger partial charge < -0.3 is 9.80 Å². The summed E-state index contributed by atoms with van der Waals surface area (Å²) in [4.78, 5) is 4.85. The van der Waals surface area contributed by atoms with Gasteiger partial charge in [0.15, 0.2) is 0 Å². The zero-order chi connectivity index (χ0) is 43.3. The molecule has 2 unspecified atom stereocenters. The van der Waals surface area contributed by atoms with Crippen LogP contribution in [0.2, 0.25) is 0 Å². The Hall–Kier alpha value is -7.94. The predicted molar refractivity (Wildman–Crippen MR) is 278 cm³/mol. The molecule has 0 saturated carbocycles. The Balaban J connectivity index is 1.16. The smallest absolute Gasteiger partial charge is 0.0465 e. The van der Waals surface area contributed by atoms with Crippen LogP contribution in [0.5, 0.6) is 0 Å². The molecule has 0 amide bonds. The van der Waals surface area contributed by atoms with E-state index in [9.17, 15) is 0 Å². The van der Waals surface area contributed by atoms with Gasteiger partial charge in [-0.25, -0.2) is 0 Å². The van der Waals surface area contributed by atoms with Crippen LogP contribution in [0.25, 0.3) is 76.0 Å². The van der Waals surface area contributed by atoms with Gasteiger partial charge in [0, 0.05) is 56.4 Å². The summed E-state index contributed by atoms with van der Waals surface area (Å²) in [7, 11) is 0. The molecule has 0 aliphatic heterocycles. The maximum atomic E-state index is 4.58. The van der Waals surface area contributed by atoms with Crippen molar-refractivity contribution in [2.75, 3.05) is 9.80 Å². The largest absolute Gasteiger partial charge is 0.313 e. The molecular weight excluding hydrogens is 773 g/mol. The first-order valence-electron chi connectivity index (χ1n) is 22.3. The lowest BCUT2D eigenvalue weighted by molar-refractivity contribution is 0.666. The number of anilines is 2. The average molecular weight is 821 g/mol. The Morgan fingerprint density at radius 1 is 0.453 bits per heavy atom. The number of nitrogens with zero attached hydrogens (tertiary/aromatic N) is 2. The standard InChI is InChI=1S/C62H48N2/c1-5-18-53(6-2)63(55-29-27-45-35-47-31-41-19-12-14-21-43(41)33-49(47)37-51(45)39-55)61-57(7-3)58(8-4)62(60-26-17-16-25-59(60)61)64(54-23-10-9-11-24-54)56-30-28-46-36-48-32-42-20-13-15-22-44(42)34-50(48)38-52(46)40-56/h5-8,10,12-40,57-58H,1-4,9,11H2. The number of rotatable bonds is 10. The van der Waals surface area contributed by atoms with E-state index >= 15 is 0 Å². The van der Waals surface area contributed by atoms with Gasteiger partial charge in [-0.2, -0.15) is 0 Å². The maximum Gasteiger partial charge on any atom is 0.0465 e. The Morgan fingerprint density at radius 3 is 1.38 bits per heavy atom. The van der Waals surface area contributed by atoms with Gasteiger partial charge in [0.05, 0.1) is 0 Å². The van der Waals surface area contributed by atoms with Crippen molar-refractivity contribution in [3.63, 3.8) is 0 Å². The van der Waals surface area contributed by atoms with Crippen molar-refractivity contribution in [2.24, 2.45) is 11.8 Å². The first kappa shape index (κ1) is 38.9. The van der Waals surface area contributed by atoms with Crippen molar-refractivity contribution in [1.29, 1.82) is 0 Å². The van der Waals surface area contributed by atoms with Gasteiger partial charge in [0.25, 0.3) is 0 Å². The number of benzene rings is 9. The Kier molecular flexibility index (Phi) is 9.78. The normalized spacial score (nSPS) is 16.3. The van der Waals surface area contributed by atoms with E-state index in [1.54, 1.807) is 0 Å². The second-order valence-electron chi connectivity index (χ2n) is 17.0. The predicted octanol–water partition coefficient (Wildman–Crippen LogP) is 14.9. The lowest BCUT2D eigenvalue weighted by Gasteiger charge is -2.42. The highest BCUT2D eigenvalue weighted by Crippen LogP contribution is 2.44. The Bertz CT molecular complexity index is 3670. The number of hydrogen-bond acceptors (Lipinski definition) is 2. The minimum Gasteiger partial charge on any atom is -0.313 e. The van der Waals surface area contributed by atoms with Crippen LogP contribution in [-0.4, -0.2) is 0 Å². The molecule has 306 valence electrons. The van der Waals surface area contributed by atoms with Crippen LogP contribution < -0.4 is 20.2 Å². The van der Waals surface area contributed by atoms with E-state index in [-0.39, 0.29) is 11.8 Å². The highest BCUT2D eigenvalue weighted by atomic mass is 15.2. The van der Waals surface area contributed by atoms with Crippen molar-refractivity contribution in [2.45, 2.75) is 12.8 Å². The second-order valence-corrected chi connectivity index (χ2v) is 17.0. The first-order chi connectivity index (χ1) is 31.5. The number of fused-ring (bicyclic) bond motifs is 7. The van der Waals surface area contributed by atoms with Crippen LogP contribution in [0.4, 0.5) is 11.4 Å². The molecule has 2 nitrogen and oxygen atoms in total. The van der Waals surface area contributed by atoms with Gasteiger partial charge in [-0.05, 0) is 169 Å². The molecule has 0 saturated heterocycles. The van der Waals surface area contributed by atoms with Gasteiger partial charge >= 0.3 is 0 Å². The number of allylic oxidation sites excluding steroid dienone is 6. The van der Waals surface area contributed by atoms with E-state index < -0.39 is 0 Å². The van der Waals surface area contributed by atoms with Crippen LogP contribution in [0.1, 0.15) is 12.8 Å². The third-order valence-electron chi connectivity index (χ3n) is 13.3. The van der Waals surface area contributed by atoms with E-state index in [4.69, 9.17) is 0 Å². The molecule has 0 spiro atoms. The molecule has 0 heterocycles. The molecule has 0 N–H and O–H groups in total. The fraction of sp³-hybridized carbons (Fsp3) is 0.0645. The zero-order valence-electron chi connectivity index (χ0n) is 35.9. The molecule has 2 aliphatic rings. The molecule has 11 rings (SSSR count). The molecule has 0 aromatic heterocycles. The summed E-state index contributed by atoms with van der Waals surface area (Å²) in [5.74, 6) is -0.310. The van der Waals surface area contributed by atoms with Crippen molar-refractivity contribution in [1.82, 2.24) is 0 Å². The summed E-state index contributed by atoms with van der Waals surface area (Å²) in [6, 6.07) is 58.3. The topological polar surface area (TPSA) is 6.48 Å². The van der Waals surface area contributed by atoms with Gasteiger partial charge in [0.1, 0.15) is 0 Å². The van der Waals surface area contributed by atoms with Gasteiger partial charge in [-0.1, -0.05) is 128 Å². The molecule has 2 aliphatic carbocycles. The summed E-state index contributed by atoms with van der Waals surface area (Å²) in [6.07, 6.45) is 19.0. The van der Waals surface area contributed by atoms with Crippen LogP contribution in [0.3, 0.4) is 0 Å². The third-order valence-corrected chi connectivity index (χ3v) is 13.3. The van der Waals surface area contributed by atoms with Gasteiger partial charge in [0.2, 0.25) is 0 Å². The summed E-state index contributed by atoms with van der Waals surface area (Å²) >= 11 is 0. The van der Waals surface area contributed by atoms with E-state index in [0.717, 1.165) is 51.7 Å². The molecule has 0 radical (unpaired) electrons. The first-order valence-corrected chi connectivity index (χ1v) is 22.3. The molecular formula is C62H48N2. The van der Waals surface area contributed by atoms with E-state index in [2.05, 4.69) is 224 Å². The molecule has 0 fully saturated rings. The molecule has 2 heteroatoms. The molecule has 9 aromatic carbocycles. The van der Waals surface area contributed by atoms with Gasteiger partial charge in [-0.3, -0.25) is 0 Å². The maximum absolute atomic E-state index is 4.58. The Morgan fingerprint density at radius 2 is 0.891 bits per heavy atom. The zero-order valence-corrected chi connectivity index (χ0v) is 35.9. The minimum atomic E-state index is -0.164. The summed E-state index contributed by atoms with van der Waals surface area (Å²) in [5.41, 5.74) is 6.52. The molecule has 2 atom stereocenters. The van der Waals surface area contributed by atoms with Gasteiger partial charge in [-0.15, -0.1) is 13.2 Å². The van der Waals surface area contributed by atoms with Crippen molar-refractivity contribution >= 4 is 87.4 Å².